The minimum absolute atomic E-state index is 0.522. The first-order chi connectivity index (χ1) is 7.47. The Morgan fingerprint density at radius 3 is 2.06 bits per heavy atom. The van der Waals surface area contributed by atoms with Gasteiger partial charge in [-0.3, -0.25) is 0 Å². The first kappa shape index (κ1) is 14.0. The van der Waals surface area contributed by atoms with Crippen LogP contribution in [0.2, 0.25) is 0 Å². The lowest BCUT2D eigenvalue weighted by Gasteiger charge is -2.32. The van der Waals surface area contributed by atoms with Gasteiger partial charge in [-0.1, -0.05) is 33.6 Å². The largest absolute Gasteiger partial charge is 0.304 e. The average Bonchev–Trinajstić information content (AvgIpc) is 2.19. The fourth-order valence-electron chi connectivity index (χ4n) is 2.24. The molecule has 1 aliphatic heterocycles. The van der Waals surface area contributed by atoms with Crippen LogP contribution < -0.4 is 0 Å². The molecule has 1 heterocycles. The number of hydrogen-bond acceptors (Lipinski definition) is 2. The molecular formula is C14H30N2. The lowest BCUT2D eigenvalue weighted by molar-refractivity contribution is 0.151. The smallest absolute Gasteiger partial charge is 0.0110 e. The summed E-state index contributed by atoms with van der Waals surface area (Å²) in [5.41, 5.74) is 0.522. The molecule has 0 aromatic rings. The van der Waals surface area contributed by atoms with E-state index in [1.807, 2.05) is 0 Å². The molecular weight excluding hydrogens is 196 g/mol. The predicted molar refractivity (Wildman–Crippen MR) is 71.9 cm³/mol. The molecule has 2 nitrogen and oxygen atoms in total. The molecule has 1 aliphatic rings. The fourth-order valence-corrected chi connectivity index (χ4v) is 2.24. The lowest BCUT2D eigenvalue weighted by atomic mass is 9.89. The average molecular weight is 226 g/mol. The Morgan fingerprint density at radius 1 is 0.875 bits per heavy atom. The van der Waals surface area contributed by atoms with Crippen LogP contribution in [0.25, 0.3) is 0 Å². The van der Waals surface area contributed by atoms with Gasteiger partial charge in [-0.2, -0.15) is 0 Å². The summed E-state index contributed by atoms with van der Waals surface area (Å²) in [6, 6.07) is 0. The molecule has 0 atom stereocenters. The molecule has 16 heavy (non-hydrogen) atoms. The summed E-state index contributed by atoms with van der Waals surface area (Å²) >= 11 is 0. The molecule has 0 bridgehead atoms. The van der Waals surface area contributed by atoms with E-state index in [4.69, 9.17) is 0 Å². The summed E-state index contributed by atoms with van der Waals surface area (Å²) in [5.74, 6) is 0. The van der Waals surface area contributed by atoms with Crippen LogP contribution in [0.15, 0.2) is 0 Å². The van der Waals surface area contributed by atoms with Crippen LogP contribution >= 0.6 is 0 Å². The van der Waals surface area contributed by atoms with Crippen molar-refractivity contribution in [2.75, 3.05) is 39.8 Å². The van der Waals surface area contributed by atoms with Crippen molar-refractivity contribution in [3.05, 3.63) is 0 Å². The second-order valence-corrected chi connectivity index (χ2v) is 6.52. The van der Waals surface area contributed by atoms with E-state index in [1.165, 1.54) is 58.4 Å². The van der Waals surface area contributed by atoms with Crippen molar-refractivity contribution in [3.8, 4) is 0 Å². The molecule has 0 aromatic carbocycles. The van der Waals surface area contributed by atoms with Crippen LogP contribution in [0, 0.1) is 5.41 Å². The van der Waals surface area contributed by atoms with Gasteiger partial charge in [0.05, 0.1) is 0 Å². The second kappa shape index (κ2) is 6.61. The molecule has 0 saturated carbocycles. The molecule has 0 amide bonds. The first-order valence-electron chi connectivity index (χ1n) is 6.88. The Balaban J connectivity index is 1.95. The minimum Gasteiger partial charge on any atom is -0.304 e. The van der Waals surface area contributed by atoms with Gasteiger partial charge in [0.2, 0.25) is 0 Å². The Hall–Kier alpha value is -0.0800. The standard InChI is InChI=1S/C14H30N2/c1-14(2,3)8-6-5-7-9-16-12-10-15(4)11-13-16/h5-13H2,1-4H3. The third kappa shape index (κ3) is 6.49. The Morgan fingerprint density at radius 2 is 1.50 bits per heavy atom. The van der Waals surface area contributed by atoms with Gasteiger partial charge in [-0.15, -0.1) is 0 Å². The number of unbranched alkanes of at least 4 members (excludes halogenated alkanes) is 2. The second-order valence-electron chi connectivity index (χ2n) is 6.52. The summed E-state index contributed by atoms with van der Waals surface area (Å²) in [6.07, 6.45) is 5.57. The highest BCUT2D eigenvalue weighted by Gasteiger charge is 2.13. The van der Waals surface area contributed by atoms with Crippen molar-refractivity contribution in [2.24, 2.45) is 5.41 Å². The highest BCUT2D eigenvalue weighted by Crippen LogP contribution is 2.22. The van der Waals surface area contributed by atoms with Crippen molar-refractivity contribution in [1.29, 1.82) is 0 Å². The van der Waals surface area contributed by atoms with Gasteiger partial charge in [0.1, 0.15) is 0 Å². The van der Waals surface area contributed by atoms with E-state index in [0.717, 1.165) is 0 Å². The van der Waals surface area contributed by atoms with Gasteiger partial charge in [0, 0.05) is 26.2 Å². The van der Waals surface area contributed by atoms with Crippen molar-refractivity contribution in [3.63, 3.8) is 0 Å². The molecule has 96 valence electrons. The maximum Gasteiger partial charge on any atom is 0.0110 e. The van der Waals surface area contributed by atoms with E-state index in [-0.39, 0.29) is 0 Å². The van der Waals surface area contributed by atoms with Crippen LogP contribution in [-0.2, 0) is 0 Å². The molecule has 2 heteroatoms. The van der Waals surface area contributed by atoms with Gasteiger partial charge >= 0.3 is 0 Å². The van der Waals surface area contributed by atoms with Crippen LogP contribution in [0.4, 0.5) is 0 Å². The van der Waals surface area contributed by atoms with E-state index in [2.05, 4.69) is 37.6 Å². The zero-order valence-corrected chi connectivity index (χ0v) is 11.8. The van der Waals surface area contributed by atoms with Crippen molar-refractivity contribution in [1.82, 2.24) is 9.80 Å². The third-order valence-corrected chi connectivity index (χ3v) is 3.50. The van der Waals surface area contributed by atoms with Crippen LogP contribution in [0.5, 0.6) is 0 Å². The molecule has 1 rings (SSSR count). The van der Waals surface area contributed by atoms with Crippen molar-refractivity contribution in [2.45, 2.75) is 46.5 Å². The number of rotatable bonds is 5. The zero-order valence-electron chi connectivity index (χ0n) is 11.8. The Bertz CT molecular complexity index is 176. The maximum atomic E-state index is 2.62. The van der Waals surface area contributed by atoms with E-state index in [9.17, 15) is 0 Å². The van der Waals surface area contributed by atoms with E-state index in [0.29, 0.717) is 5.41 Å². The zero-order chi connectivity index (χ0) is 12.0. The van der Waals surface area contributed by atoms with Crippen molar-refractivity contribution < 1.29 is 0 Å². The van der Waals surface area contributed by atoms with E-state index < -0.39 is 0 Å². The summed E-state index contributed by atoms with van der Waals surface area (Å²) < 4.78 is 0. The quantitative estimate of drug-likeness (QED) is 0.665. The van der Waals surface area contributed by atoms with Gasteiger partial charge in [-0.05, 0) is 31.8 Å². The Kier molecular flexibility index (Phi) is 5.77. The van der Waals surface area contributed by atoms with Crippen LogP contribution in [0.1, 0.15) is 46.5 Å². The monoisotopic (exact) mass is 226 g/mol. The number of piperazine rings is 1. The Labute approximate surface area is 102 Å². The molecule has 0 aliphatic carbocycles. The summed E-state index contributed by atoms with van der Waals surface area (Å²) in [7, 11) is 2.22. The summed E-state index contributed by atoms with van der Waals surface area (Å²) in [4.78, 5) is 5.05. The van der Waals surface area contributed by atoms with Gasteiger partial charge in [0.25, 0.3) is 0 Å². The predicted octanol–water partition coefficient (Wildman–Crippen LogP) is 2.84. The van der Waals surface area contributed by atoms with Crippen LogP contribution in [0.3, 0.4) is 0 Å². The number of likely N-dealkylation sites (N-methyl/N-ethyl adjacent to an activating group) is 1. The third-order valence-electron chi connectivity index (χ3n) is 3.50. The van der Waals surface area contributed by atoms with Gasteiger partial charge < -0.3 is 9.80 Å². The van der Waals surface area contributed by atoms with E-state index >= 15 is 0 Å². The lowest BCUT2D eigenvalue weighted by Crippen LogP contribution is -2.44. The molecule has 1 saturated heterocycles. The molecule has 0 N–H and O–H groups in total. The number of hydrogen-bond donors (Lipinski definition) is 0. The normalized spacial score (nSPS) is 20.2. The molecule has 0 radical (unpaired) electrons. The SMILES string of the molecule is CN1CCN(CCCCCC(C)(C)C)CC1. The van der Waals surface area contributed by atoms with Crippen molar-refractivity contribution >= 4 is 0 Å². The topological polar surface area (TPSA) is 6.48 Å². The number of nitrogens with zero attached hydrogens (tertiary/aromatic N) is 2. The van der Waals surface area contributed by atoms with Gasteiger partial charge in [-0.25, -0.2) is 0 Å². The summed E-state index contributed by atoms with van der Waals surface area (Å²) in [5, 5.41) is 0. The molecule has 0 aromatic heterocycles. The fraction of sp³-hybridized carbons (Fsp3) is 1.00. The first-order valence-corrected chi connectivity index (χ1v) is 6.88. The highest BCUT2D eigenvalue weighted by atomic mass is 15.2. The summed E-state index contributed by atoms with van der Waals surface area (Å²) in [6.45, 7) is 13.4. The van der Waals surface area contributed by atoms with Crippen LogP contribution in [-0.4, -0.2) is 49.6 Å². The molecule has 1 fully saturated rings. The highest BCUT2D eigenvalue weighted by molar-refractivity contribution is 4.69. The minimum atomic E-state index is 0.522. The van der Waals surface area contributed by atoms with Gasteiger partial charge in [0.15, 0.2) is 0 Å². The maximum absolute atomic E-state index is 2.62. The molecule has 0 spiro atoms. The molecule has 0 unspecified atom stereocenters. The van der Waals surface area contributed by atoms with E-state index in [1.54, 1.807) is 0 Å².